The van der Waals surface area contributed by atoms with Crippen LogP contribution in [0.3, 0.4) is 0 Å². The maximum atomic E-state index is 11.8. The number of carbonyl (C=O) groups excluding carboxylic acids is 1. The van der Waals surface area contributed by atoms with Crippen molar-refractivity contribution in [3.8, 4) is 0 Å². The largest absolute Gasteiger partial charge is 0.289 e. The molecule has 0 saturated carbocycles. The van der Waals surface area contributed by atoms with Crippen LogP contribution < -0.4 is 5.48 Å². The second-order valence-corrected chi connectivity index (χ2v) is 6.14. The van der Waals surface area contributed by atoms with Crippen molar-refractivity contribution >= 4 is 17.2 Å². The van der Waals surface area contributed by atoms with Gasteiger partial charge in [-0.05, 0) is 31.1 Å². The highest BCUT2D eigenvalue weighted by molar-refractivity contribution is 7.77. The molecule has 0 bridgehead atoms. The van der Waals surface area contributed by atoms with E-state index >= 15 is 0 Å². The fraction of sp³-hybridized carbons (Fsp3) is 0.909. The zero-order chi connectivity index (χ0) is 13.7. The standard InChI is InChI=1S/C11H22N2O4S/c1-8-5-4-6-13(18(16)17-3)10(9(2)7-8)11(14)12-15/h8-10,15H,4-7H2,1-3H3,(H,12,14). The maximum absolute atomic E-state index is 11.8. The smallest absolute Gasteiger partial charge is 0.262 e. The van der Waals surface area contributed by atoms with E-state index in [0.717, 1.165) is 19.3 Å². The summed E-state index contributed by atoms with van der Waals surface area (Å²) in [4.78, 5) is 11.8. The van der Waals surface area contributed by atoms with Crippen molar-refractivity contribution in [1.29, 1.82) is 0 Å². The van der Waals surface area contributed by atoms with Gasteiger partial charge in [-0.25, -0.2) is 9.69 Å². The Kier molecular flexibility index (Phi) is 6.20. The molecule has 4 unspecified atom stereocenters. The fourth-order valence-electron chi connectivity index (χ4n) is 2.62. The summed E-state index contributed by atoms with van der Waals surface area (Å²) >= 11 is -1.66. The summed E-state index contributed by atoms with van der Waals surface area (Å²) < 4.78 is 18.2. The van der Waals surface area contributed by atoms with Crippen molar-refractivity contribution in [2.75, 3.05) is 13.7 Å². The lowest BCUT2D eigenvalue weighted by molar-refractivity contribution is -0.135. The van der Waals surface area contributed by atoms with E-state index in [1.165, 1.54) is 11.4 Å². The molecule has 4 atom stereocenters. The van der Waals surface area contributed by atoms with Crippen LogP contribution in [0.1, 0.15) is 33.1 Å². The Bertz CT molecular complexity index is 313. The molecular formula is C11H22N2O4S. The number of carbonyl (C=O) groups is 1. The minimum Gasteiger partial charge on any atom is -0.289 e. The van der Waals surface area contributed by atoms with Gasteiger partial charge in [0, 0.05) is 6.54 Å². The van der Waals surface area contributed by atoms with Crippen molar-refractivity contribution < 1.29 is 18.4 Å². The first-order chi connectivity index (χ1) is 8.51. The van der Waals surface area contributed by atoms with Gasteiger partial charge in [-0.1, -0.05) is 13.8 Å². The van der Waals surface area contributed by atoms with E-state index in [-0.39, 0.29) is 5.92 Å². The first-order valence-corrected chi connectivity index (χ1v) is 7.21. The van der Waals surface area contributed by atoms with Crippen molar-refractivity contribution in [1.82, 2.24) is 9.79 Å². The van der Waals surface area contributed by atoms with E-state index in [0.29, 0.717) is 12.5 Å². The van der Waals surface area contributed by atoms with Crippen molar-refractivity contribution in [2.45, 2.75) is 39.2 Å². The molecule has 1 heterocycles. The lowest BCUT2D eigenvalue weighted by Gasteiger charge is -2.35. The van der Waals surface area contributed by atoms with E-state index in [1.807, 2.05) is 6.92 Å². The minimum absolute atomic E-state index is 0.00606. The van der Waals surface area contributed by atoms with Gasteiger partial charge in [0.05, 0.1) is 7.11 Å². The van der Waals surface area contributed by atoms with Crippen molar-refractivity contribution in [3.63, 3.8) is 0 Å². The summed E-state index contributed by atoms with van der Waals surface area (Å²) in [5.74, 6) is 0.000623. The van der Waals surface area contributed by atoms with Crippen LogP contribution >= 0.6 is 0 Å². The zero-order valence-corrected chi connectivity index (χ0v) is 11.9. The van der Waals surface area contributed by atoms with Gasteiger partial charge in [-0.3, -0.25) is 14.2 Å². The molecule has 0 aromatic heterocycles. The Hall–Kier alpha value is -0.500. The van der Waals surface area contributed by atoms with Gasteiger partial charge in [-0.15, -0.1) is 0 Å². The average Bonchev–Trinajstić information content (AvgIpc) is 2.34. The molecule has 18 heavy (non-hydrogen) atoms. The van der Waals surface area contributed by atoms with E-state index in [2.05, 4.69) is 6.92 Å². The van der Waals surface area contributed by atoms with Gasteiger partial charge >= 0.3 is 0 Å². The highest BCUT2D eigenvalue weighted by atomic mass is 32.2. The highest BCUT2D eigenvalue weighted by Gasteiger charge is 2.36. The van der Waals surface area contributed by atoms with Gasteiger partial charge in [0.15, 0.2) is 0 Å². The highest BCUT2D eigenvalue weighted by Crippen LogP contribution is 2.27. The third-order valence-electron chi connectivity index (χ3n) is 3.41. The summed E-state index contributed by atoms with van der Waals surface area (Å²) in [5.41, 5.74) is 1.67. The number of hydroxylamine groups is 1. The molecule has 106 valence electrons. The SMILES string of the molecule is COS(=O)N1CCCC(C)CC(C)C1C(=O)NO. The van der Waals surface area contributed by atoms with Crippen LogP contribution in [0, 0.1) is 11.8 Å². The van der Waals surface area contributed by atoms with Crippen LogP contribution in [0.15, 0.2) is 0 Å². The molecule has 0 aromatic rings. The minimum atomic E-state index is -1.66. The molecule has 2 N–H and O–H groups in total. The van der Waals surface area contributed by atoms with E-state index < -0.39 is 23.2 Å². The number of rotatable bonds is 3. The normalized spacial score (nSPS) is 32.3. The molecule has 7 heteroatoms. The molecule has 1 amide bonds. The van der Waals surface area contributed by atoms with Gasteiger partial charge in [-0.2, -0.15) is 4.31 Å². The number of amides is 1. The Morgan fingerprint density at radius 2 is 2.17 bits per heavy atom. The first kappa shape index (κ1) is 15.6. The molecule has 1 aliphatic heterocycles. The molecule has 1 aliphatic rings. The summed E-state index contributed by atoms with van der Waals surface area (Å²) in [6, 6.07) is -0.626. The fourth-order valence-corrected chi connectivity index (χ4v) is 3.58. The molecule has 1 rings (SSSR count). The predicted octanol–water partition coefficient (Wildman–Crippen LogP) is 0.844. The second-order valence-electron chi connectivity index (χ2n) is 4.91. The third kappa shape index (κ3) is 3.74. The summed E-state index contributed by atoms with van der Waals surface area (Å²) in [6.07, 6.45) is 2.75. The molecule has 0 aliphatic carbocycles. The Labute approximate surface area is 110 Å². The van der Waals surface area contributed by atoms with Crippen LogP contribution in [0.5, 0.6) is 0 Å². The number of nitrogens with one attached hydrogen (secondary N) is 1. The molecule has 0 radical (unpaired) electrons. The van der Waals surface area contributed by atoms with Crippen LogP contribution in [0.25, 0.3) is 0 Å². The summed E-state index contributed by atoms with van der Waals surface area (Å²) in [7, 11) is 1.34. The summed E-state index contributed by atoms with van der Waals surface area (Å²) in [5, 5.41) is 8.84. The zero-order valence-electron chi connectivity index (χ0n) is 11.1. The first-order valence-electron chi connectivity index (χ1n) is 6.18. The molecule has 0 spiro atoms. The van der Waals surface area contributed by atoms with Crippen LogP contribution in [-0.2, 0) is 20.2 Å². The molecular weight excluding hydrogens is 256 g/mol. The van der Waals surface area contributed by atoms with Crippen LogP contribution in [0.4, 0.5) is 0 Å². The number of hydrogen-bond donors (Lipinski definition) is 2. The Morgan fingerprint density at radius 3 is 2.72 bits per heavy atom. The quantitative estimate of drug-likeness (QED) is 0.592. The molecule has 0 aromatic carbocycles. The Balaban J connectivity index is 2.94. The summed E-state index contributed by atoms with van der Waals surface area (Å²) in [6.45, 7) is 4.60. The van der Waals surface area contributed by atoms with E-state index in [1.54, 1.807) is 5.48 Å². The van der Waals surface area contributed by atoms with Crippen LogP contribution in [-0.4, -0.2) is 39.3 Å². The van der Waals surface area contributed by atoms with Crippen molar-refractivity contribution in [2.24, 2.45) is 11.8 Å². The maximum Gasteiger partial charge on any atom is 0.262 e. The number of hydrogen-bond acceptors (Lipinski definition) is 4. The van der Waals surface area contributed by atoms with E-state index in [4.69, 9.17) is 9.39 Å². The lowest BCUT2D eigenvalue weighted by atomic mass is 9.86. The van der Waals surface area contributed by atoms with Gasteiger partial charge < -0.3 is 0 Å². The van der Waals surface area contributed by atoms with Gasteiger partial charge in [0.2, 0.25) is 11.3 Å². The molecule has 6 nitrogen and oxygen atoms in total. The van der Waals surface area contributed by atoms with E-state index in [9.17, 15) is 9.00 Å². The predicted molar refractivity (Wildman–Crippen MR) is 67.8 cm³/mol. The van der Waals surface area contributed by atoms with Crippen molar-refractivity contribution in [3.05, 3.63) is 0 Å². The topological polar surface area (TPSA) is 78.9 Å². The van der Waals surface area contributed by atoms with Gasteiger partial charge in [0.25, 0.3) is 5.91 Å². The van der Waals surface area contributed by atoms with Gasteiger partial charge in [0.1, 0.15) is 6.04 Å². The van der Waals surface area contributed by atoms with Crippen LogP contribution in [0.2, 0.25) is 0 Å². The number of nitrogens with zero attached hydrogens (tertiary/aromatic N) is 1. The monoisotopic (exact) mass is 278 g/mol. The lowest BCUT2D eigenvalue weighted by Crippen LogP contribution is -2.52. The third-order valence-corrected chi connectivity index (χ3v) is 4.49. The average molecular weight is 278 g/mol. The molecule has 1 fully saturated rings. The molecule has 1 saturated heterocycles. The Morgan fingerprint density at radius 1 is 1.50 bits per heavy atom. The second kappa shape index (κ2) is 7.18.